The van der Waals surface area contributed by atoms with Crippen LogP contribution >= 0.6 is 11.8 Å². The summed E-state index contributed by atoms with van der Waals surface area (Å²) in [6.07, 6.45) is 5.34. The quantitative estimate of drug-likeness (QED) is 0.617. The van der Waals surface area contributed by atoms with E-state index in [0.717, 1.165) is 17.5 Å². The summed E-state index contributed by atoms with van der Waals surface area (Å²) < 4.78 is 1.81. The summed E-state index contributed by atoms with van der Waals surface area (Å²) in [4.78, 5) is 8.23. The molecule has 0 atom stereocenters. The SMILES string of the molecule is Nc1ccn(CCSc2ncccn2)n1. The van der Waals surface area contributed by atoms with Crippen LogP contribution in [0.1, 0.15) is 0 Å². The van der Waals surface area contributed by atoms with E-state index in [4.69, 9.17) is 5.73 Å². The molecular weight excluding hydrogens is 210 g/mol. The fourth-order valence-electron chi connectivity index (χ4n) is 1.09. The Labute approximate surface area is 91.7 Å². The second kappa shape index (κ2) is 4.79. The molecule has 5 nitrogen and oxygen atoms in total. The summed E-state index contributed by atoms with van der Waals surface area (Å²) in [6.45, 7) is 0.806. The number of hydrogen-bond acceptors (Lipinski definition) is 5. The van der Waals surface area contributed by atoms with E-state index in [1.165, 1.54) is 0 Å². The van der Waals surface area contributed by atoms with Gasteiger partial charge in [0, 0.05) is 24.3 Å². The van der Waals surface area contributed by atoms with E-state index < -0.39 is 0 Å². The van der Waals surface area contributed by atoms with Crippen molar-refractivity contribution in [1.29, 1.82) is 0 Å². The fraction of sp³-hybridized carbons (Fsp3) is 0.222. The molecule has 0 radical (unpaired) electrons. The van der Waals surface area contributed by atoms with Gasteiger partial charge >= 0.3 is 0 Å². The summed E-state index contributed by atoms with van der Waals surface area (Å²) in [5, 5.41) is 4.87. The first-order chi connectivity index (χ1) is 7.34. The molecule has 0 unspecified atom stereocenters. The first kappa shape index (κ1) is 9.97. The molecule has 0 fully saturated rings. The number of hydrogen-bond donors (Lipinski definition) is 1. The van der Waals surface area contributed by atoms with Gasteiger partial charge in [-0.2, -0.15) is 5.10 Å². The van der Waals surface area contributed by atoms with Crippen molar-refractivity contribution in [2.24, 2.45) is 0 Å². The van der Waals surface area contributed by atoms with Crippen LogP contribution in [0.4, 0.5) is 5.82 Å². The molecule has 0 saturated heterocycles. The van der Waals surface area contributed by atoms with Crippen LogP contribution in [0.5, 0.6) is 0 Å². The highest BCUT2D eigenvalue weighted by Gasteiger charge is 1.97. The molecule has 15 heavy (non-hydrogen) atoms. The number of nitrogen functional groups attached to an aromatic ring is 1. The van der Waals surface area contributed by atoms with Crippen molar-refractivity contribution in [2.75, 3.05) is 11.5 Å². The molecule has 2 aromatic heterocycles. The van der Waals surface area contributed by atoms with Crippen molar-refractivity contribution in [1.82, 2.24) is 19.7 Å². The maximum Gasteiger partial charge on any atom is 0.187 e. The number of anilines is 1. The lowest BCUT2D eigenvalue weighted by atomic mass is 10.7. The Hall–Kier alpha value is -1.56. The number of thioether (sulfide) groups is 1. The molecule has 0 spiro atoms. The highest BCUT2D eigenvalue weighted by molar-refractivity contribution is 7.99. The van der Waals surface area contributed by atoms with Crippen molar-refractivity contribution in [3.05, 3.63) is 30.7 Å². The Morgan fingerprint density at radius 3 is 2.80 bits per heavy atom. The van der Waals surface area contributed by atoms with Gasteiger partial charge in [0.25, 0.3) is 0 Å². The third-order valence-corrected chi connectivity index (χ3v) is 2.61. The first-order valence-corrected chi connectivity index (χ1v) is 5.52. The summed E-state index contributed by atoms with van der Waals surface area (Å²) in [5.41, 5.74) is 5.50. The van der Waals surface area contributed by atoms with Gasteiger partial charge < -0.3 is 5.73 Å². The van der Waals surface area contributed by atoms with Gasteiger partial charge in [-0.25, -0.2) is 9.97 Å². The minimum Gasteiger partial charge on any atom is -0.382 e. The topological polar surface area (TPSA) is 69.6 Å². The van der Waals surface area contributed by atoms with Gasteiger partial charge in [0.15, 0.2) is 5.16 Å². The number of rotatable bonds is 4. The van der Waals surface area contributed by atoms with Crippen molar-refractivity contribution in [3.8, 4) is 0 Å². The molecule has 0 aromatic carbocycles. The van der Waals surface area contributed by atoms with Crippen molar-refractivity contribution >= 4 is 17.6 Å². The van der Waals surface area contributed by atoms with Crippen molar-refractivity contribution < 1.29 is 0 Å². The molecule has 0 aliphatic heterocycles. The minimum absolute atomic E-state index is 0.552. The number of nitrogens with two attached hydrogens (primary N) is 1. The summed E-state index contributed by atoms with van der Waals surface area (Å²) >= 11 is 1.60. The molecule has 0 aliphatic carbocycles. The number of aryl methyl sites for hydroxylation is 1. The molecule has 2 N–H and O–H groups in total. The molecule has 78 valence electrons. The Kier molecular flexibility index (Phi) is 3.18. The Bertz CT molecular complexity index is 413. The lowest BCUT2D eigenvalue weighted by molar-refractivity contribution is 0.669. The van der Waals surface area contributed by atoms with Crippen LogP contribution in [-0.2, 0) is 6.54 Å². The Morgan fingerprint density at radius 1 is 1.33 bits per heavy atom. The van der Waals surface area contributed by atoms with E-state index in [0.29, 0.717) is 5.82 Å². The van der Waals surface area contributed by atoms with E-state index >= 15 is 0 Å². The fourth-order valence-corrected chi connectivity index (χ4v) is 1.82. The van der Waals surface area contributed by atoms with Gasteiger partial charge in [0.1, 0.15) is 5.82 Å². The molecule has 0 aliphatic rings. The molecule has 0 bridgehead atoms. The third kappa shape index (κ3) is 2.95. The smallest absolute Gasteiger partial charge is 0.187 e. The third-order valence-electron chi connectivity index (χ3n) is 1.75. The number of nitrogens with zero attached hydrogens (tertiary/aromatic N) is 4. The van der Waals surface area contributed by atoms with E-state index in [-0.39, 0.29) is 0 Å². The van der Waals surface area contributed by atoms with Gasteiger partial charge in [0.05, 0.1) is 6.54 Å². The van der Waals surface area contributed by atoms with Crippen LogP contribution in [0.25, 0.3) is 0 Å². The molecule has 2 heterocycles. The minimum atomic E-state index is 0.552. The largest absolute Gasteiger partial charge is 0.382 e. The summed E-state index contributed by atoms with van der Waals surface area (Å²) in [5.74, 6) is 1.43. The van der Waals surface area contributed by atoms with Crippen LogP contribution in [-0.4, -0.2) is 25.5 Å². The monoisotopic (exact) mass is 221 g/mol. The second-order valence-electron chi connectivity index (χ2n) is 2.88. The predicted molar refractivity (Wildman–Crippen MR) is 59.4 cm³/mol. The first-order valence-electron chi connectivity index (χ1n) is 4.53. The van der Waals surface area contributed by atoms with Gasteiger partial charge in [-0.3, -0.25) is 4.68 Å². The maximum absolute atomic E-state index is 5.50. The van der Waals surface area contributed by atoms with E-state index in [2.05, 4.69) is 15.1 Å². The highest BCUT2D eigenvalue weighted by atomic mass is 32.2. The normalized spacial score (nSPS) is 10.4. The average Bonchev–Trinajstić information content (AvgIpc) is 2.66. The maximum atomic E-state index is 5.50. The van der Waals surface area contributed by atoms with Crippen molar-refractivity contribution in [2.45, 2.75) is 11.7 Å². The standard InChI is InChI=1S/C9H11N5S/c10-8-2-5-14(13-8)6-7-15-9-11-3-1-4-12-9/h1-5H,6-7H2,(H2,10,13). The summed E-state index contributed by atoms with van der Waals surface area (Å²) in [7, 11) is 0. The van der Waals surface area contributed by atoms with Crippen LogP contribution in [0.2, 0.25) is 0 Å². The molecule has 6 heteroatoms. The molecular formula is C9H11N5S. The zero-order valence-corrected chi connectivity index (χ0v) is 8.89. The van der Waals surface area contributed by atoms with Gasteiger partial charge in [0.2, 0.25) is 0 Å². The lowest BCUT2D eigenvalue weighted by Gasteiger charge is -2.00. The van der Waals surface area contributed by atoms with E-state index in [1.54, 1.807) is 36.3 Å². The Balaban J connectivity index is 1.80. The number of aromatic nitrogens is 4. The molecule has 2 rings (SSSR count). The molecule has 0 amide bonds. The zero-order valence-electron chi connectivity index (χ0n) is 8.08. The van der Waals surface area contributed by atoms with Gasteiger partial charge in [-0.15, -0.1) is 0 Å². The zero-order chi connectivity index (χ0) is 10.5. The van der Waals surface area contributed by atoms with Gasteiger partial charge in [-0.05, 0) is 12.1 Å². The summed E-state index contributed by atoms with van der Waals surface area (Å²) in [6, 6.07) is 3.59. The van der Waals surface area contributed by atoms with E-state index in [9.17, 15) is 0 Å². The van der Waals surface area contributed by atoms with Crippen LogP contribution in [0.3, 0.4) is 0 Å². The van der Waals surface area contributed by atoms with Gasteiger partial charge in [-0.1, -0.05) is 11.8 Å². The average molecular weight is 221 g/mol. The van der Waals surface area contributed by atoms with Crippen LogP contribution in [0, 0.1) is 0 Å². The Morgan fingerprint density at radius 2 is 2.13 bits per heavy atom. The van der Waals surface area contributed by atoms with E-state index in [1.807, 2.05) is 10.9 Å². The van der Waals surface area contributed by atoms with Crippen molar-refractivity contribution in [3.63, 3.8) is 0 Å². The molecule has 2 aromatic rings. The molecule has 0 saturated carbocycles. The van der Waals surface area contributed by atoms with Crippen LogP contribution in [0.15, 0.2) is 35.9 Å². The lowest BCUT2D eigenvalue weighted by Crippen LogP contribution is -2.02. The second-order valence-corrected chi connectivity index (χ2v) is 3.95. The highest BCUT2D eigenvalue weighted by Crippen LogP contribution is 2.11. The predicted octanol–water partition coefficient (Wildman–Crippen LogP) is 1.05. The van der Waals surface area contributed by atoms with Crippen LogP contribution < -0.4 is 5.73 Å².